The van der Waals surface area contributed by atoms with E-state index in [9.17, 15) is 14.4 Å². The predicted octanol–water partition coefficient (Wildman–Crippen LogP) is 1.61. The van der Waals surface area contributed by atoms with Gasteiger partial charge in [0.15, 0.2) is 0 Å². The van der Waals surface area contributed by atoms with Gasteiger partial charge in [-0.05, 0) is 37.1 Å². The number of methoxy groups -OCH3 is 1. The number of amides is 2. The molecule has 1 aromatic rings. The van der Waals surface area contributed by atoms with Crippen LogP contribution >= 0.6 is 0 Å². The molecule has 7 nitrogen and oxygen atoms in total. The van der Waals surface area contributed by atoms with Gasteiger partial charge in [0.1, 0.15) is 5.75 Å². The van der Waals surface area contributed by atoms with Gasteiger partial charge in [-0.15, -0.1) is 0 Å². The van der Waals surface area contributed by atoms with E-state index in [0.717, 1.165) is 56.6 Å². The van der Waals surface area contributed by atoms with Crippen molar-refractivity contribution in [2.24, 2.45) is 5.92 Å². The van der Waals surface area contributed by atoms with Gasteiger partial charge < -0.3 is 19.9 Å². The van der Waals surface area contributed by atoms with E-state index in [-0.39, 0.29) is 24.2 Å². The van der Waals surface area contributed by atoms with Crippen molar-refractivity contribution in [3.63, 3.8) is 0 Å². The maximum Gasteiger partial charge on any atom is 0.288 e. The Kier molecular flexibility index (Phi) is 6.90. The Morgan fingerprint density at radius 1 is 1.00 bits per heavy atom. The maximum atomic E-state index is 12.4. The van der Waals surface area contributed by atoms with E-state index in [4.69, 9.17) is 4.74 Å². The number of hydrogen-bond acceptors (Lipinski definition) is 5. The smallest absolute Gasteiger partial charge is 0.288 e. The van der Waals surface area contributed by atoms with Gasteiger partial charge in [-0.25, -0.2) is 0 Å². The summed E-state index contributed by atoms with van der Waals surface area (Å²) >= 11 is 0. The fourth-order valence-electron chi connectivity index (χ4n) is 3.91. The Balaban J connectivity index is 1.42. The molecule has 2 amide bonds. The van der Waals surface area contributed by atoms with E-state index in [0.29, 0.717) is 13.1 Å². The van der Waals surface area contributed by atoms with Crippen molar-refractivity contribution in [3.8, 4) is 5.75 Å². The van der Waals surface area contributed by atoms with Crippen LogP contribution in [0.15, 0.2) is 24.3 Å². The first kappa shape index (κ1) is 20.2. The second-order valence-corrected chi connectivity index (χ2v) is 7.45. The molecule has 1 heterocycles. The molecule has 1 saturated carbocycles. The Morgan fingerprint density at radius 3 is 2.25 bits per heavy atom. The quantitative estimate of drug-likeness (QED) is 0.751. The summed E-state index contributed by atoms with van der Waals surface area (Å²) in [4.78, 5) is 40.6. The van der Waals surface area contributed by atoms with Gasteiger partial charge in [-0.1, -0.05) is 19.3 Å². The summed E-state index contributed by atoms with van der Waals surface area (Å²) in [5.41, 5.74) is 1.10. The number of anilines is 1. The van der Waals surface area contributed by atoms with Crippen LogP contribution in [0.1, 0.15) is 32.1 Å². The summed E-state index contributed by atoms with van der Waals surface area (Å²) in [7, 11) is 1.64. The zero-order chi connectivity index (χ0) is 19.9. The van der Waals surface area contributed by atoms with Gasteiger partial charge >= 0.3 is 0 Å². The molecule has 3 rings (SSSR count). The lowest BCUT2D eigenvalue weighted by atomic mass is 9.86. The number of ether oxygens (including phenoxy) is 1. The summed E-state index contributed by atoms with van der Waals surface area (Å²) in [5.74, 6) is -0.471. The van der Waals surface area contributed by atoms with E-state index in [2.05, 4.69) is 10.2 Å². The molecule has 0 atom stereocenters. The largest absolute Gasteiger partial charge is 0.497 e. The highest BCUT2D eigenvalue weighted by Crippen LogP contribution is 2.24. The number of benzene rings is 1. The highest BCUT2D eigenvalue weighted by Gasteiger charge is 2.28. The number of piperazine rings is 1. The number of rotatable bonds is 6. The zero-order valence-corrected chi connectivity index (χ0v) is 16.5. The minimum atomic E-state index is -0.614. The topological polar surface area (TPSA) is 79.0 Å². The molecule has 28 heavy (non-hydrogen) atoms. The fourth-order valence-corrected chi connectivity index (χ4v) is 3.91. The lowest BCUT2D eigenvalue weighted by Crippen LogP contribution is -2.51. The van der Waals surface area contributed by atoms with Gasteiger partial charge in [0.05, 0.1) is 13.7 Å². The molecule has 0 unspecified atom stereocenters. The molecular formula is C21H29N3O4. The number of carbonyl (C=O) groups excluding carboxylic acids is 3. The zero-order valence-electron chi connectivity index (χ0n) is 16.5. The average Bonchev–Trinajstić information content (AvgIpc) is 2.77. The molecule has 2 aliphatic rings. The van der Waals surface area contributed by atoms with E-state index in [1.54, 1.807) is 12.0 Å². The number of nitrogens with one attached hydrogen (secondary N) is 1. The molecule has 0 bridgehead atoms. The van der Waals surface area contributed by atoms with Crippen molar-refractivity contribution in [1.29, 1.82) is 0 Å². The summed E-state index contributed by atoms with van der Waals surface area (Å²) in [6.07, 6.45) is 4.70. The SMILES string of the molecule is COc1ccc(N2CCN(C(=O)CNC(=O)C(=O)C3CCCCC3)CC2)cc1. The third kappa shape index (κ3) is 5.03. The van der Waals surface area contributed by atoms with Gasteiger partial charge in [-0.3, -0.25) is 14.4 Å². The maximum absolute atomic E-state index is 12.4. The summed E-state index contributed by atoms with van der Waals surface area (Å²) in [6, 6.07) is 7.86. The highest BCUT2D eigenvalue weighted by atomic mass is 16.5. The minimum Gasteiger partial charge on any atom is -0.497 e. The molecule has 1 saturated heterocycles. The Labute approximate surface area is 166 Å². The van der Waals surface area contributed by atoms with Crippen molar-refractivity contribution in [1.82, 2.24) is 10.2 Å². The highest BCUT2D eigenvalue weighted by molar-refractivity contribution is 6.37. The molecular weight excluding hydrogens is 358 g/mol. The van der Waals surface area contributed by atoms with Gasteiger partial charge in [0, 0.05) is 37.8 Å². The fraction of sp³-hybridized carbons (Fsp3) is 0.571. The first-order valence-electron chi connectivity index (χ1n) is 10.1. The van der Waals surface area contributed by atoms with Crippen molar-refractivity contribution < 1.29 is 19.1 Å². The summed E-state index contributed by atoms with van der Waals surface area (Å²) in [6.45, 7) is 2.54. The van der Waals surface area contributed by atoms with Gasteiger partial charge in [0.2, 0.25) is 11.7 Å². The van der Waals surface area contributed by atoms with Crippen molar-refractivity contribution in [2.75, 3.05) is 44.7 Å². The van der Waals surface area contributed by atoms with Crippen LogP contribution in [-0.4, -0.2) is 62.3 Å². The van der Waals surface area contributed by atoms with Crippen LogP contribution in [0.3, 0.4) is 0 Å². The van der Waals surface area contributed by atoms with E-state index < -0.39 is 5.91 Å². The first-order valence-corrected chi connectivity index (χ1v) is 10.1. The van der Waals surface area contributed by atoms with E-state index in [1.807, 2.05) is 24.3 Å². The predicted molar refractivity (Wildman–Crippen MR) is 106 cm³/mol. The molecule has 1 N–H and O–H groups in total. The van der Waals surface area contributed by atoms with E-state index in [1.165, 1.54) is 0 Å². The molecule has 1 aliphatic heterocycles. The summed E-state index contributed by atoms with van der Waals surface area (Å²) in [5, 5.41) is 2.53. The molecule has 2 fully saturated rings. The van der Waals surface area contributed by atoms with E-state index >= 15 is 0 Å². The normalized spacial score (nSPS) is 17.9. The molecule has 0 aromatic heterocycles. The standard InChI is InChI=1S/C21H29N3O4/c1-28-18-9-7-17(8-10-18)23-11-13-24(14-12-23)19(25)15-22-21(27)20(26)16-5-3-2-4-6-16/h7-10,16H,2-6,11-15H2,1H3,(H,22,27). The minimum absolute atomic E-state index is 0.111. The number of hydrogen-bond donors (Lipinski definition) is 1. The number of Topliss-reactive ketones (excluding diaryl/α,β-unsaturated/α-hetero) is 1. The number of nitrogens with zero attached hydrogens (tertiary/aromatic N) is 2. The number of carbonyl (C=O) groups is 3. The molecule has 0 spiro atoms. The number of ketones is 1. The van der Waals surface area contributed by atoms with Crippen LogP contribution in [0.2, 0.25) is 0 Å². The second-order valence-electron chi connectivity index (χ2n) is 7.45. The first-order chi connectivity index (χ1) is 13.6. The molecule has 0 radical (unpaired) electrons. The van der Waals surface area contributed by atoms with Crippen LogP contribution in [0, 0.1) is 5.92 Å². The van der Waals surface area contributed by atoms with Gasteiger partial charge in [-0.2, -0.15) is 0 Å². The molecule has 1 aliphatic carbocycles. The Bertz CT molecular complexity index is 690. The van der Waals surface area contributed by atoms with Crippen molar-refractivity contribution in [3.05, 3.63) is 24.3 Å². The molecule has 152 valence electrons. The third-order valence-corrected chi connectivity index (χ3v) is 5.67. The second kappa shape index (κ2) is 9.57. The van der Waals surface area contributed by atoms with Crippen LogP contribution in [-0.2, 0) is 14.4 Å². The van der Waals surface area contributed by atoms with Crippen molar-refractivity contribution in [2.45, 2.75) is 32.1 Å². The van der Waals surface area contributed by atoms with Crippen LogP contribution in [0.4, 0.5) is 5.69 Å². The van der Waals surface area contributed by atoms with Crippen LogP contribution in [0.25, 0.3) is 0 Å². The lowest BCUT2D eigenvalue weighted by molar-refractivity contribution is -0.142. The van der Waals surface area contributed by atoms with Crippen LogP contribution in [0.5, 0.6) is 5.75 Å². The van der Waals surface area contributed by atoms with Crippen molar-refractivity contribution >= 4 is 23.3 Å². The summed E-state index contributed by atoms with van der Waals surface area (Å²) < 4.78 is 5.18. The Morgan fingerprint density at radius 2 is 1.64 bits per heavy atom. The van der Waals surface area contributed by atoms with Gasteiger partial charge in [0.25, 0.3) is 5.91 Å². The lowest BCUT2D eigenvalue weighted by Gasteiger charge is -2.36. The average molecular weight is 387 g/mol. The monoisotopic (exact) mass is 387 g/mol. The molecule has 7 heteroatoms. The van der Waals surface area contributed by atoms with Crippen LogP contribution < -0.4 is 15.0 Å². The third-order valence-electron chi connectivity index (χ3n) is 5.67. The Hall–Kier alpha value is -2.57. The molecule has 1 aromatic carbocycles.